The summed E-state index contributed by atoms with van der Waals surface area (Å²) in [6.07, 6.45) is 3.19. The van der Waals surface area contributed by atoms with Crippen molar-refractivity contribution in [3.8, 4) is 0 Å². The van der Waals surface area contributed by atoms with Crippen LogP contribution in [-0.2, 0) is 4.79 Å². The minimum absolute atomic E-state index is 0.223. The number of hydrogen-bond acceptors (Lipinski definition) is 3. The van der Waals surface area contributed by atoms with E-state index in [1.807, 2.05) is 11.8 Å². The predicted molar refractivity (Wildman–Crippen MR) is 64.4 cm³/mol. The Hall–Kier alpha value is -0.740. The second-order valence-corrected chi connectivity index (χ2v) is 4.49. The van der Waals surface area contributed by atoms with Gasteiger partial charge in [0.15, 0.2) is 0 Å². The highest BCUT2D eigenvalue weighted by Crippen LogP contribution is 2.28. The number of carbonyl (C=O) groups excluding carboxylic acids is 1. The third kappa shape index (κ3) is 2.89. The van der Waals surface area contributed by atoms with Crippen LogP contribution >= 0.6 is 0 Å². The van der Waals surface area contributed by atoms with Crippen LogP contribution in [0.4, 0.5) is 0 Å². The third-order valence-corrected chi connectivity index (χ3v) is 3.32. The van der Waals surface area contributed by atoms with Gasteiger partial charge in [-0.15, -0.1) is 0 Å². The number of aliphatic hydroxyl groups excluding tert-OH is 1. The molecule has 3 atom stereocenters. The molecule has 0 aromatic heterocycles. The van der Waals surface area contributed by atoms with Gasteiger partial charge in [-0.1, -0.05) is 20.3 Å². The Balaban J connectivity index is 2.64. The van der Waals surface area contributed by atoms with Gasteiger partial charge < -0.3 is 5.11 Å². The van der Waals surface area contributed by atoms with E-state index in [0.29, 0.717) is 12.3 Å². The Morgan fingerprint density at radius 1 is 1.62 bits per heavy atom. The fraction of sp³-hybridized carbons (Fsp3) is 0.833. The van der Waals surface area contributed by atoms with Crippen molar-refractivity contribution in [1.29, 1.82) is 0 Å². The van der Waals surface area contributed by atoms with Crippen molar-refractivity contribution in [3.05, 3.63) is 0 Å². The molecule has 1 aliphatic rings. The number of aliphatic hydroxyl groups is 1. The molecule has 1 amide bonds. The number of carbonyl (C=O) groups is 1. The van der Waals surface area contributed by atoms with Crippen LogP contribution in [0.15, 0.2) is 4.99 Å². The molecule has 0 aliphatic carbocycles. The molecule has 92 valence electrons. The largest absolute Gasteiger partial charge is 0.378 e. The van der Waals surface area contributed by atoms with Crippen LogP contribution < -0.4 is 0 Å². The Bertz CT molecular complexity index is 255. The summed E-state index contributed by atoms with van der Waals surface area (Å²) < 4.78 is 0. The first-order valence-electron chi connectivity index (χ1n) is 6.08. The highest BCUT2D eigenvalue weighted by atomic mass is 16.3. The van der Waals surface area contributed by atoms with Gasteiger partial charge in [0.1, 0.15) is 6.23 Å². The van der Waals surface area contributed by atoms with E-state index in [-0.39, 0.29) is 11.9 Å². The predicted octanol–water partition coefficient (Wildman–Crippen LogP) is 1.43. The van der Waals surface area contributed by atoms with E-state index in [0.717, 1.165) is 25.8 Å². The van der Waals surface area contributed by atoms with Crippen LogP contribution in [0.5, 0.6) is 0 Å². The topological polar surface area (TPSA) is 52.9 Å². The van der Waals surface area contributed by atoms with Crippen molar-refractivity contribution in [2.45, 2.75) is 51.8 Å². The number of aliphatic imine (C=N–C) groups is 1. The van der Waals surface area contributed by atoms with Gasteiger partial charge in [-0.25, -0.2) is 4.99 Å². The molecule has 4 nitrogen and oxygen atoms in total. The number of likely N-dealkylation sites (tertiary alicyclic amines) is 1. The lowest BCUT2D eigenvalue weighted by Crippen LogP contribution is -2.43. The van der Waals surface area contributed by atoms with Gasteiger partial charge in [-0.2, -0.15) is 0 Å². The molecule has 1 aliphatic heterocycles. The molecular formula is C12H22N2O2. The molecule has 0 saturated carbocycles. The van der Waals surface area contributed by atoms with Crippen LogP contribution in [-0.4, -0.2) is 41.4 Å². The van der Waals surface area contributed by atoms with Crippen LogP contribution in [0, 0.1) is 5.92 Å². The van der Waals surface area contributed by atoms with Crippen LogP contribution in [0.25, 0.3) is 0 Å². The molecule has 0 spiro atoms. The molecule has 0 bridgehead atoms. The fourth-order valence-electron chi connectivity index (χ4n) is 2.54. The molecular weight excluding hydrogens is 204 g/mol. The van der Waals surface area contributed by atoms with E-state index in [9.17, 15) is 9.90 Å². The lowest BCUT2D eigenvalue weighted by Gasteiger charge is -2.26. The summed E-state index contributed by atoms with van der Waals surface area (Å²) in [5, 5.41) is 9.94. The average Bonchev–Trinajstić information content (AvgIpc) is 2.61. The fourth-order valence-corrected chi connectivity index (χ4v) is 2.54. The highest BCUT2D eigenvalue weighted by molar-refractivity contribution is 5.85. The van der Waals surface area contributed by atoms with Crippen molar-refractivity contribution >= 4 is 12.6 Å². The third-order valence-electron chi connectivity index (χ3n) is 3.32. The molecule has 0 aromatic carbocycles. The maximum atomic E-state index is 11.6. The molecule has 1 unspecified atom stereocenters. The van der Waals surface area contributed by atoms with E-state index < -0.39 is 6.23 Å². The Kier molecular flexibility index (Phi) is 5.09. The second kappa shape index (κ2) is 6.11. The Morgan fingerprint density at radius 3 is 2.81 bits per heavy atom. The number of rotatable bonds is 5. The van der Waals surface area contributed by atoms with Crippen molar-refractivity contribution in [1.82, 2.24) is 4.90 Å². The van der Waals surface area contributed by atoms with Crippen LogP contribution in [0.1, 0.15) is 39.5 Å². The Labute approximate surface area is 97.4 Å². The molecule has 1 saturated heterocycles. The zero-order chi connectivity index (χ0) is 12.1. The van der Waals surface area contributed by atoms with E-state index in [4.69, 9.17) is 0 Å². The van der Waals surface area contributed by atoms with Crippen molar-refractivity contribution < 1.29 is 9.90 Å². The van der Waals surface area contributed by atoms with Gasteiger partial charge in [-0.3, -0.25) is 9.69 Å². The highest BCUT2D eigenvalue weighted by Gasteiger charge is 2.36. The van der Waals surface area contributed by atoms with Crippen LogP contribution in [0.2, 0.25) is 0 Å². The average molecular weight is 226 g/mol. The van der Waals surface area contributed by atoms with Gasteiger partial charge in [0.25, 0.3) is 5.91 Å². The molecule has 1 N–H and O–H groups in total. The standard InChI is InChI=1S/C12H22N2O2/c1-4-6-9-7-11(15)14(8-9)10(5-2)12(16)13-3/h9-11,15H,3-8H2,1-2H3/t9-,10-,11?/m0/s1. The van der Waals surface area contributed by atoms with Gasteiger partial charge in [0.2, 0.25) is 0 Å². The molecule has 1 rings (SSSR count). The normalized spacial score (nSPS) is 27.9. The SMILES string of the molecule is C=NC(=O)[C@H](CC)N1C[C@@H](CCC)CC1O. The van der Waals surface area contributed by atoms with Gasteiger partial charge in [0, 0.05) is 6.54 Å². The molecule has 0 aromatic rings. The maximum absolute atomic E-state index is 11.6. The quantitative estimate of drug-likeness (QED) is 0.722. The summed E-state index contributed by atoms with van der Waals surface area (Å²) in [6, 6.07) is -0.297. The van der Waals surface area contributed by atoms with Crippen LogP contribution in [0.3, 0.4) is 0 Å². The summed E-state index contributed by atoms with van der Waals surface area (Å²) in [7, 11) is 0. The van der Waals surface area contributed by atoms with Crippen molar-refractivity contribution in [2.75, 3.05) is 6.54 Å². The van der Waals surface area contributed by atoms with E-state index in [1.165, 1.54) is 0 Å². The summed E-state index contributed by atoms with van der Waals surface area (Å²) in [5.74, 6) is 0.283. The minimum Gasteiger partial charge on any atom is -0.378 e. The summed E-state index contributed by atoms with van der Waals surface area (Å²) >= 11 is 0. The van der Waals surface area contributed by atoms with Gasteiger partial charge in [0.05, 0.1) is 6.04 Å². The van der Waals surface area contributed by atoms with Gasteiger partial charge >= 0.3 is 0 Å². The van der Waals surface area contributed by atoms with Gasteiger partial charge in [-0.05, 0) is 31.9 Å². The van der Waals surface area contributed by atoms with E-state index in [2.05, 4.69) is 18.6 Å². The molecule has 4 heteroatoms. The lowest BCUT2D eigenvalue weighted by molar-refractivity contribution is -0.126. The zero-order valence-corrected chi connectivity index (χ0v) is 10.2. The number of amides is 1. The van der Waals surface area contributed by atoms with Crippen molar-refractivity contribution in [2.24, 2.45) is 10.9 Å². The van der Waals surface area contributed by atoms with E-state index >= 15 is 0 Å². The number of hydrogen-bond donors (Lipinski definition) is 1. The first-order chi connectivity index (χ1) is 7.63. The number of nitrogens with zero attached hydrogens (tertiary/aromatic N) is 2. The minimum atomic E-state index is -0.493. The second-order valence-electron chi connectivity index (χ2n) is 4.49. The first-order valence-corrected chi connectivity index (χ1v) is 6.08. The van der Waals surface area contributed by atoms with Crippen molar-refractivity contribution in [3.63, 3.8) is 0 Å². The summed E-state index contributed by atoms with van der Waals surface area (Å²) in [4.78, 5) is 16.9. The smallest absolute Gasteiger partial charge is 0.262 e. The maximum Gasteiger partial charge on any atom is 0.262 e. The summed E-state index contributed by atoms with van der Waals surface area (Å²) in [5.41, 5.74) is 0. The Morgan fingerprint density at radius 2 is 2.31 bits per heavy atom. The molecule has 16 heavy (non-hydrogen) atoms. The monoisotopic (exact) mass is 226 g/mol. The van der Waals surface area contributed by atoms with E-state index in [1.54, 1.807) is 0 Å². The lowest BCUT2D eigenvalue weighted by atomic mass is 10.0. The zero-order valence-electron chi connectivity index (χ0n) is 10.2. The molecule has 0 radical (unpaired) electrons. The molecule has 1 fully saturated rings. The summed E-state index contributed by atoms with van der Waals surface area (Å²) in [6.45, 7) is 8.15. The molecule has 1 heterocycles. The first kappa shape index (κ1) is 13.3.